The predicted molar refractivity (Wildman–Crippen MR) is 76.1 cm³/mol. The van der Waals surface area contributed by atoms with E-state index in [1.165, 1.54) is 4.88 Å². The zero-order valence-corrected chi connectivity index (χ0v) is 11.3. The van der Waals surface area contributed by atoms with Crippen molar-refractivity contribution in [1.29, 1.82) is 0 Å². The van der Waals surface area contributed by atoms with Crippen molar-refractivity contribution in [2.24, 2.45) is 0 Å². The highest BCUT2D eigenvalue weighted by atomic mass is 32.1. The minimum atomic E-state index is 0.269. The number of allylic oxidation sites excluding steroid dienone is 1. The molecule has 0 unspecified atom stereocenters. The molecule has 0 aliphatic rings. The van der Waals surface area contributed by atoms with Crippen LogP contribution < -0.4 is 10.5 Å². The number of aryl methyl sites for hydroxylation is 1. The Balaban J connectivity index is 2.24. The Hall–Kier alpha value is -1.62. The van der Waals surface area contributed by atoms with Crippen LogP contribution in [0.5, 0.6) is 5.88 Å². The number of nitrogen functional groups attached to an aromatic ring is 1. The molecule has 0 aromatic carbocycles. The standard InChI is InChI=1S/C13H17N3OS/c1-3-5-6-7-17-11-10-8-9(4-2)18-12(10)16-13(14)15-11/h3,8H,1,4-7H2,2H3,(H2,14,15,16). The lowest BCUT2D eigenvalue weighted by molar-refractivity contribution is 0.304. The van der Waals surface area contributed by atoms with Crippen LogP contribution in [0.1, 0.15) is 24.6 Å². The van der Waals surface area contributed by atoms with E-state index in [0.717, 1.165) is 29.5 Å². The zero-order valence-electron chi connectivity index (χ0n) is 10.5. The molecule has 0 saturated carbocycles. The second-order valence-corrected chi connectivity index (χ2v) is 5.07. The highest BCUT2D eigenvalue weighted by molar-refractivity contribution is 7.18. The predicted octanol–water partition coefficient (Wildman–Crippen LogP) is 3.18. The number of unbranched alkanes of at least 4 members (excludes halogenated alkanes) is 1. The summed E-state index contributed by atoms with van der Waals surface area (Å²) in [6.07, 6.45) is 4.73. The van der Waals surface area contributed by atoms with Crippen molar-refractivity contribution in [3.05, 3.63) is 23.6 Å². The Bertz CT molecular complexity index is 550. The Kier molecular flexibility index (Phi) is 4.15. The number of aromatic nitrogens is 2. The van der Waals surface area contributed by atoms with Crippen molar-refractivity contribution in [3.63, 3.8) is 0 Å². The quantitative estimate of drug-likeness (QED) is 0.642. The summed E-state index contributed by atoms with van der Waals surface area (Å²) >= 11 is 1.64. The van der Waals surface area contributed by atoms with Crippen LogP contribution in [-0.4, -0.2) is 16.6 Å². The molecule has 0 atom stereocenters. The molecule has 0 radical (unpaired) electrons. The first-order valence-electron chi connectivity index (χ1n) is 6.04. The van der Waals surface area contributed by atoms with Gasteiger partial charge in [-0.05, 0) is 25.3 Å². The van der Waals surface area contributed by atoms with Gasteiger partial charge in [0, 0.05) is 4.88 Å². The van der Waals surface area contributed by atoms with E-state index >= 15 is 0 Å². The highest BCUT2D eigenvalue weighted by Gasteiger charge is 2.11. The molecular formula is C13H17N3OS. The Labute approximate surface area is 111 Å². The van der Waals surface area contributed by atoms with E-state index in [1.807, 2.05) is 6.08 Å². The molecule has 2 aromatic rings. The second kappa shape index (κ2) is 5.82. The van der Waals surface area contributed by atoms with E-state index in [4.69, 9.17) is 10.5 Å². The summed E-state index contributed by atoms with van der Waals surface area (Å²) in [6, 6.07) is 2.09. The van der Waals surface area contributed by atoms with E-state index < -0.39 is 0 Å². The van der Waals surface area contributed by atoms with Gasteiger partial charge in [0.05, 0.1) is 12.0 Å². The van der Waals surface area contributed by atoms with E-state index in [9.17, 15) is 0 Å². The molecule has 0 fully saturated rings. The molecule has 0 saturated heterocycles. The summed E-state index contributed by atoms with van der Waals surface area (Å²) in [5.41, 5.74) is 5.69. The van der Waals surface area contributed by atoms with Crippen molar-refractivity contribution in [2.75, 3.05) is 12.3 Å². The summed E-state index contributed by atoms with van der Waals surface area (Å²) in [5, 5.41) is 0.963. The van der Waals surface area contributed by atoms with E-state index in [0.29, 0.717) is 12.5 Å². The average Bonchev–Trinajstić information content (AvgIpc) is 2.77. The number of hydrogen-bond acceptors (Lipinski definition) is 5. The number of hydrogen-bond donors (Lipinski definition) is 1. The number of anilines is 1. The van der Waals surface area contributed by atoms with Crippen LogP contribution >= 0.6 is 11.3 Å². The fourth-order valence-electron chi connectivity index (χ4n) is 1.64. The summed E-state index contributed by atoms with van der Waals surface area (Å²) in [4.78, 5) is 10.6. The molecule has 4 nitrogen and oxygen atoms in total. The molecule has 2 N–H and O–H groups in total. The lowest BCUT2D eigenvalue weighted by Gasteiger charge is -2.05. The van der Waals surface area contributed by atoms with Crippen LogP contribution in [0.4, 0.5) is 5.95 Å². The molecular weight excluding hydrogens is 246 g/mol. The number of fused-ring (bicyclic) bond motifs is 1. The molecule has 2 rings (SSSR count). The maximum absolute atomic E-state index is 5.69. The first-order valence-corrected chi connectivity index (χ1v) is 6.86. The molecule has 2 heterocycles. The van der Waals surface area contributed by atoms with Crippen molar-refractivity contribution in [2.45, 2.75) is 26.2 Å². The van der Waals surface area contributed by atoms with Gasteiger partial charge in [-0.3, -0.25) is 0 Å². The average molecular weight is 263 g/mol. The van der Waals surface area contributed by atoms with Gasteiger partial charge in [0.25, 0.3) is 0 Å². The van der Waals surface area contributed by atoms with Gasteiger partial charge in [-0.2, -0.15) is 4.98 Å². The topological polar surface area (TPSA) is 61.0 Å². The van der Waals surface area contributed by atoms with Crippen LogP contribution in [0.25, 0.3) is 10.2 Å². The number of rotatable bonds is 6. The monoisotopic (exact) mass is 263 g/mol. The molecule has 5 heteroatoms. The maximum Gasteiger partial charge on any atom is 0.227 e. The van der Waals surface area contributed by atoms with E-state index in [-0.39, 0.29) is 5.95 Å². The van der Waals surface area contributed by atoms with Gasteiger partial charge in [-0.15, -0.1) is 17.9 Å². The Morgan fingerprint density at radius 3 is 3.06 bits per heavy atom. The third-order valence-corrected chi connectivity index (χ3v) is 3.74. The minimum Gasteiger partial charge on any atom is -0.477 e. The van der Waals surface area contributed by atoms with Crippen LogP contribution in [0.15, 0.2) is 18.7 Å². The normalized spacial score (nSPS) is 10.7. The van der Waals surface area contributed by atoms with Crippen LogP contribution in [0.3, 0.4) is 0 Å². The number of nitrogens with zero attached hydrogens (tertiary/aromatic N) is 2. The van der Waals surface area contributed by atoms with E-state index in [1.54, 1.807) is 11.3 Å². The summed E-state index contributed by atoms with van der Waals surface area (Å²) < 4.78 is 5.69. The zero-order chi connectivity index (χ0) is 13.0. The smallest absolute Gasteiger partial charge is 0.227 e. The molecule has 0 bridgehead atoms. The van der Waals surface area contributed by atoms with Gasteiger partial charge in [0.2, 0.25) is 11.8 Å². The van der Waals surface area contributed by atoms with Crippen molar-refractivity contribution >= 4 is 27.5 Å². The fourth-order valence-corrected chi connectivity index (χ4v) is 2.61. The van der Waals surface area contributed by atoms with Crippen LogP contribution in [-0.2, 0) is 6.42 Å². The second-order valence-electron chi connectivity index (χ2n) is 3.95. The molecule has 18 heavy (non-hydrogen) atoms. The fraction of sp³-hybridized carbons (Fsp3) is 0.385. The molecule has 0 aliphatic carbocycles. The third-order valence-electron chi connectivity index (χ3n) is 2.57. The lowest BCUT2D eigenvalue weighted by Crippen LogP contribution is -2.02. The molecule has 0 spiro atoms. The summed E-state index contributed by atoms with van der Waals surface area (Å²) in [6.45, 7) is 6.42. The number of thiophene rings is 1. The molecule has 96 valence electrons. The lowest BCUT2D eigenvalue weighted by atomic mass is 10.3. The van der Waals surface area contributed by atoms with E-state index in [2.05, 4.69) is 29.5 Å². The third kappa shape index (κ3) is 2.79. The van der Waals surface area contributed by atoms with Gasteiger partial charge >= 0.3 is 0 Å². The van der Waals surface area contributed by atoms with Gasteiger partial charge in [-0.25, -0.2) is 4.98 Å². The van der Waals surface area contributed by atoms with Gasteiger partial charge in [0.1, 0.15) is 4.83 Å². The first-order chi connectivity index (χ1) is 8.74. The minimum absolute atomic E-state index is 0.269. The number of nitrogens with two attached hydrogens (primary N) is 1. The van der Waals surface area contributed by atoms with Crippen LogP contribution in [0, 0.1) is 0 Å². The van der Waals surface area contributed by atoms with Gasteiger partial charge in [0.15, 0.2) is 0 Å². The van der Waals surface area contributed by atoms with Gasteiger partial charge < -0.3 is 10.5 Å². The Morgan fingerprint density at radius 2 is 2.33 bits per heavy atom. The maximum atomic E-state index is 5.69. The largest absolute Gasteiger partial charge is 0.477 e. The SMILES string of the molecule is C=CCCCOc1nc(N)nc2sc(CC)cc12. The highest BCUT2D eigenvalue weighted by Crippen LogP contribution is 2.31. The van der Waals surface area contributed by atoms with Crippen molar-refractivity contribution in [1.82, 2.24) is 9.97 Å². The first kappa shape index (κ1) is 12.8. The Morgan fingerprint density at radius 1 is 1.50 bits per heavy atom. The molecule has 2 aromatic heterocycles. The number of ether oxygens (including phenoxy) is 1. The van der Waals surface area contributed by atoms with Crippen LogP contribution in [0.2, 0.25) is 0 Å². The molecule has 0 amide bonds. The summed E-state index contributed by atoms with van der Waals surface area (Å²) in [7, 11) is 0. The molecule has 0 aliphatic heterocycles. The summed E-state index contributed by atoms with van der Waals surface area (Å²) in [5.74, 6) is 0.864. The van der Waals surface area contributed by atoms with Crippen molar-refractivity contribution in [3.8, 4) is 5.88 Å². The van der Waals surface area contributed by atoms with Crippen molar-refractivity contribution < 1.29 is 4.74 Å². The van der Waals surface area contributed by atoms with Gasteiger partial charge in [-0.1, -0.05) is 13.0 Å².